The number of nitrogens with one attached hydrogen (secondary N) is 2. The van der Waals surface area contributed by atoms with Crippen molar-refractivity contribution < 1.29 is 29.0 Å². The molecular formula is C46H68N2O6. The van der Waals surface area contributed by atoms with Gasteiger partial charge in [0.1, 0.15) is 6.10 Å². The lowest BCUT2D eigenvalue weighted by Gasteiger charge is -2.73. The minimum absolute atomic E-state index is 0.0173. The summed E-state index contributed by atoms with van der Waals surface area (Å²) in [6.07, 6.45) is 11.1. The fourth-order valence-corrected chi connectivity index (χ4v) is 13.9. The molecule has 2 amide bonds. The van der Waals surface area contributed by atoms with Crippen molar-refractivity contribution in [3.63, 3.8) is 0 Å². The summed E-state index contributed by atoms with van der Waals surface area (Å²) in [5.41, 5.74) is 2.08. The first-order valence-electron chi connectivity index (χ1n) is 20.8. The van der Waals surface area contributed by atoms with Gasteiger partial charge < -0.3 is 20.5 Å². The molecule has 5 saturated carbocycles. The highest BCUT2D eigenvalue weighted by Crippen LogP contribution is 2.78. The van der Waals surface area contributed by atoms with Crippen LogP contribution in [0.3, 0.4) is 0 Å². The first-order valence-corrected chi connectivity index (χ1v) is 20.8. The van der Waals surface area contributed by atoms with Crippen LogP contribution in [0, 0.1) is 62.1 Å². The quantitative estimate of drug-likeness (QED) is 0.162. The number of hydrogen-bond donors (Lipinski definition) is 3. The number of amides is 2. The van der Waals surface area contributed by atoms with Gasteiger partial charge in [0.2, 0.25) is 11.8 Å². The van der Waals surface area contributed by atoms with Crippen molar-refractivity contribution in [3.05, 3.63) is 42.0 Å². The van der Waals surface area contributed by atoms with E-state index in [0.29, 0.717) is 42.6 Å². The fourth-order valence-electron chi connectivity index (χ4n) is 13.9. The average molecular weight is 745 g/mol. The van der Waals surface area contributed by atoms with Crippen LogP contribution in [0.25, 0.3) is 0 Å². The maximum Gasteiger partial charge on any atom is 0.309 e. The number of allylic oxidation sites excluding steroid dienone is 1. The van der Waals surface area contributed by atoms with Crippen LogP contribution in [-0.4, -0.2) is 35.0 Å². The largest absolute Gasteiger partial charge is 0.481 e. The second-order valence-corrected chi connectivity index (χ2v) is 20.6. The fraction of sp³-hybridized carbons (Fsp3) is 0.739. The summed E-state index contributed by atoms with van der Waals surface area (Å²) < 4.78 is 6.18. The number of aliphatic carboxylic acids is 1. The zero-order chi connectivity index (χ0) is 39.6. The molecule has 5 aliphatic carbocycles. The van der Waals surface area contributed by atoms with Gasteiger partial charge in [-0.25, -0.2) is 0 Å². The lowest BCUT2D eigenvalue weighted by molar-refractivity contribution is -0.250. The number of esters is 1. The Morgan fingerprint density at radius 1 is 0.852 bits per heavy atom. The Kier molecular flexibility index (Phi) is 10.6. The first-order chi connectivity index (χ1) is 25.1. The number of benzene rings is 1. The highest BCUT2D eigenvalue weighted by atomic mass is 16.5. The van der Waals surface area contributed by atoms with Gasteiger partial charge in [0, 0.05) is 31.0 Å². The predicted molar refractivity (Wildman–Crippen MR) is 212 cm³/mol. The molecule has 8 heteroatoms. The summed E-state index contributed by atoms with van der Waals surface area (Å²) in [4.78, 5) is 50.1. The standard InChI is InChI=1S/C46H68N2O6/c1-28(2)32-17-22-46(25-37(50)47-27-30-11-13-31(14-12-30)48-29(3)49)24-23-44(9)33(39(32)46)15-16-35-43(8)20-19-36(54-38(51)26-41(4,5)40(52)53)42(6,7)34(43)18-21-45(35,44)10/h11-14,32-36,39H,1,15-27H2,2-10H3,(H,47,50)(H,48,49)(H,52,53)/t32-,33+,34-,35+,36-,39+,43-,44+,45+,46+/m0/s1. The molecule has 5 aliphatic rings. The molecule has 6 rings (SSSR count). The Morgan fingerprint density at radius 2 is 1.54 bits per heavy atom. The van der Waals surface area contributed by atoms with E-state index in [1.807, 2.05) is 24.3 Å². The van der Waals surface area contributed by atoms with Crippen molar-refractivity contribution >= 4 is 29.4 Å². The van der Waals surface area contributed by atoms with Crippen LogP contribution in [0.5, 0.6) is 0 Å². The number of fused-ring (bicyclic) bond motifs is 7. The number of rotatable bonds is 10. The van der Waals surface area contributed by atoms with E-state index in [2.05, 4.69) is 58.8 Å². The topological polar surface area (TPSA) is 122 Å². The molecule has 8 nitrogen and oxygen atoms in total. The Hall–Kier alpha value is -3.16. The van der Waals surface area contributed by atoms with Crippen molar-refractivity contribution in [1.29, 1.82) is 0 Å². The van der Waals surface area contributed by atoms with Crippen molar-refractivity contribution in [1.82, 2.24) is 5.32 Å². The number of carboxylic acids is 1. The SMILES string of the molecule is C=C(C)[C@@H]1CC[C@]2(CC(=O)NCc3ccc(NC(C)=O)cc3)CC[C@]3(C)[C@H](CC[C@@H]4[C@@]5(C)CC[C@H](OC(=O)CC(C)(C)C(=O)O)C(C)(C)[C@@H]5CC[C@]43C)[C@@H]12. The number of ether oxygens (including phenoxy) is 1. The van der Waals surface area contributed by atoms with E-state index in [9.17, 15) is 24.3 Å². The minimum atomic E-state index is -1.15. The Bertz CT molecular complexity index is 1660. The van der Waals surface area contributed by atoms with E-state index in [-0.39, 0.29) is 51.4 Å². The predicted octanol–water partition coefficient (Wildman–Crippen LogP) is 9.72. The summed E-state index contributed by atoms with van der Waals surface area (Å²) in [6.45, 7) is 24.3. The summed E-state index contributed by atoms with van der Waals surface area (Å²) in [5, 5.41) is 15.7. The van der Waals surface area contributed by atoms with Gasteiger partial charge in [0.05, 0.1) is 11.8 Å². The third-order valence-electron chi connectivity index (χ3n) is 16.9. The van der Waals surface area contributed by atoms with Crippen LogP contribution in [0.1, 0.15) is 145 Å². The molecule has 0 unspecified atom stereocenters. The highest BCUT2D eigenvalue weighted by Gasteiger charge is 2.71. The second-order valence-electron chi connectivity index (χ2n) is 20.6. The van der Waals surface area contributed by atoms with Gasteiger partial charge in [-0.1, -0.05) is 58.9 Å². The summed E-state index contributed by atoms with van der Waals surface area (Å²) in [6, 6.07) is 7.68. The smallest absolute Gasteiger partial charge is 0.309 e. The van der Waals surface area contributed by atoms with E-state index < -0.39 is 17.4 Å². The normalized spacial score (nSPS) is 38.1. The van der Waals surface area contributed by atoms with Crippen LogP contribution in [0.15, 0.2) is 36.4 Å². The van der Waals surface area contributed by atoms with Gasteiger partial charge in [0.25, 0.3) is 0 Å². The van der Waals surface area contributed by atoms with E-state index in [1.165, 1.54) is 25.3 Å². The van der Waals surface area contributed by atoms with E-state index in [4.69, 9.17) is 4.74 Å². The number of hydrogen-bond acceptors (Lipinski definition) is 5. The maximum absolute atomic E-state index is 13.8. The molecule has 54 heavy (non-hydrogen) atoms. The zero-order valence-electron chi connectivity index (χ0n) is 34.7. The second kappa shape index (κ2) is 14.1. The van der Waals surface area contributed by atoms with Gasteiger partial charge >= 0.3 is 11.9 Å². The van der Waals surface area contributed by atoms with Crippen molar-refractivity contribution in [2.24, 2.45) is 62.1 Å². The highest BCUT2D eigenvalue weighted by molar-refractivity contribution is 5.88. The Labute approximate surface area is 324 Å². The van der Waals surface area contributed by atoms with Gasteiger partial charge in [-0.05, 0) is 154 Å². The maximum atomic E-state index is 13.8. The lowest BCUT2D eigenvalue weighted by Crippen LogP contribution is -2.67. The number of anilines is 1. The number of carbonyl (C=O) groups is 4. The van der Waals surface area contributed by atoms with Gasteiger partial charge in [-0.3, -0.25) is 19.2 Å². The first kappa shape index (κ1) is 40.5. The molecular weight excluding hydrogens is 677 g/mol. The van der Waals surface area contributed by atoms with Gasteiger partial charge in [-0.2, -0.15) is 0 Å². The Morgan fingerprint density at radius 3 is 2.17 bits per heavy atom. The summed E-state index contributed by atoms with van der Waals surface area (Å²) in [7, 11) is 0. The van der Waals surface area contributed by atoms with Gasteiger partial charge in [-0.15, -0.1) is 0 Å². The number of carboxylic acid groups (broad SMARTS) is 1. The molecule has 0 aliphatic heterocycles. The molecule has 3 N–H and O–H groups in total. The molecule has 5 fully saturated rings. The molecule has 1 aromatic carbocycles. The third-order valence-corrected chi connectivity index (χ3v) is 16.9. The summed E-state index contributed by atoms with van der Waals surface area (Å²) in [5.74, 6) is 1.03. The molecule has 0 saturated heterocycles. The monoisotopic (exact) mass is 745 g/mol. The molecule has 0 bridgehead atoms. The molecule has 0 heterocycles. The third kappa shape index (κ3) is 6.73. The van der Waals surface area contributed by atoms with Crippen molar-refractivity contribution in [2.75, 3.05) is 5.32 Å². The van der Waals surface area contributed by atoms with Crippen LogP contribution >= 0.6 is 0 Å². The molecule has 10 atom stereocenters. The minimum Gasteiger partial charge on any atom is -0.481 e. The van der Waals surface area contributed by atoms with E-state index in [1.54, 1.807) is 13.8 Å². The summed E-state index contributed by atoms with van der Waals surface area (Å²) >= 11 is 0. The zero-order valence-corrected chi connectivity index (χ0v) is 34.7. The van der Waals surface area contributed by atoms with E-state index in [0.717, 1.165) is 62.6 Å². The molecule has 298 valence electrons. The molecule has 0 aromatic heterocycles. The van der Waals surface area contributed by atoms with Crippen LogP contribution in [0.2, 0.25) is 0 Å². The molecule has 0 spiro atoms. The van der Waals surface area contributed by atoms with Gasteiger partial charge in [0.15, 0.2) is 0 Å². The van der Waals surface area contributed by atoms with Crippen molar-refractivity contribution in [2.45, 2.75) is 152 Å². The number of carbonyl (C=O) groups excluding carboxylic acids is 3. The van der Waals surface area contributed by atoms with Crippen LogP contribution in [0.4, 0.5) is 5.69 Å². The van der Waals surface area contributed by atoms with E-state index >= 15 is 0 Å². The average Bonchev–Trinajstić information content (AvgIpc) is 3.45. The van der Waals surface area contributed by atoms with Crippen LogP contribution < -0.4 is 10.6 Å². The molecule has 0 radical (unpaired) electrons. The van der Waals surface area contributed by atoms with Crippen molar-refractivity contribution in [3.8, 4) is 0 Å². The van der Waals surface area contributed by atoms with Crippen LogP contribution in [-0.2, 0) is 30.5 Å². The lowest BCUT2D eigenvalue weighted by atomic mass is 9.32. The Balaban J connectivity index is 1.19. The molecule has 1 aromatic rings.